The third-order valence-electron chi connectivity index (χ3n) is 3.61. The van der Waals surface area contributed by atoms with Crippen LogP contribution in [0, 0.1) is 6.92 Å². The van der Waals surface area contributed by atoms with Crippen molar-refractivity contribution in [1.29, 1.82) is 0 Å². The Morgan fingerprint density at radius 1 is 1.14 bits per heavy atom. The Bertz CT molecular complexity index is 635. The van der Waals surface area contributed by atoms with Gasteiger partial charge in [-0.1, -0.05) is 6.07 Å². The summed E-state index contributed by atoms with van der Waals surface area (Å²) in [7, 11) is -3.58. The molecule has 0 aliphatic carbocycles. The van der Waals surface area contributed by atoms with E-state index in [1.807, 2.05) is 27.7 Å². The van der Waals surface area contributed by atoms with Crippen molar-refractivity contribution in [2.24, 2.45) is 0 Å². The number of nitrogen functional groups attached to an aromatic ring is 1. The molecular weight excluding hydrogens is 288 g/mol. The van der Waals surface area contributed by atoms with Gasteiger partial charge in [0.2, 0.25) is 10.0 Å². The molecule has 2 N–H and O–H groups in total. The van der Waals surface area contributed by atoms with Gasteiger partial charge >= 0.3 is 0 Å². The highest BCUT2D eigenvalue weighted by molar-refractivity contribution is 7.89. The lowest BCUT2D eigenvalue weighted by Crippen LogP contribution is -2.58. The first-order valence-electron chi connectivity index (χ1n) is 7.00. The number of anilines is 1. The Morgan fingerprint density at radius 2 is 1.67 bits per heavy atom. The fourth-order valence-electron chi connectivity index (χ4n) is 2.94. The van der Waals surface area contributed by atoms with Crippen LogP contribution in [0.25, 0.3) is 0 Å². The fourth-order valence-corrected chi connectivity index (χ4v) is 4.93. The average molecular weight is 312 g/mol. The van der Waals surface area contributed by atoms with Crippen molar-refractivity contribution >= 4 is 15.7 Å². The number of hydrogen-bond donors (Lipinski definition) is 1. The normalized spacial score (nSPS) is 22.1. The Kier molecular flexibility index (Phi) is 3.85. The van der Waals surface area contributed by atoms with Gasteiger partial charge in [-0.05, 0) is 52.3 Å². The number of ether oxygens (including phenoxy) is 1. The maximum Gasteiger partial charge on any atom is 0.243 e. The van der Waals surface area contributed by atoms with Crippen LogP contribution in [0.2, 0.25) is 0 Å². The van der Waals surface area contributed by atoms with Gasteiger partial charge < -0.3 is 10.5 Å². The molecule has 0 spiro atoms. The first-order valence-corrected chi connectivity index (χ1v) is 8.44. The summed E-state index contributed by atoms with van der Waals surface area (Å²) in [6, 6.07) is 4.99. The van der Waals surface area contributed by atoms with E-state index in [9.17, 15) is 8.42 Å². The standard InChI is InChI=1S/C15H24N2O3S/c1-11-12(16)7-6-8-13(11)21(18,19)17-9-14(2,3)20-15(4,5)10-17/h6-8H,9-10,16H2,1-5H3. The molecular formula is C15H24N2O3S. The van der Waals surface area contributed by atoms with E-state index in [0.717, 1.165) is 0 Å². The lowest BCUT2D eigenvalue weighted by molar-refractivity contribution is -0.163. The van der Waals surface area contributed by atoms with Crippen LogP contribution < -0.4 is 5.73 Å². The van der Waals surface area contributed by atoms with E-state index >= 15 is 0 Å². The molecule has 6 heteroatoms. The van der Waals surface area contributed by atoms with E-state index in [1.165, 1.54) is 4.31 Å². The highest BCUT2D eigenvalue weighted by Crippen LogP contribution is 2.33. The van der Waals surface area contributed by atoms with Gasteiger partial charge in [0, 0.05) is 18.8 Å². The van der Waals surface area contributed by atoms with Crippen molar-refractivity contribution in [3.05, 3.63) is 23.8 Å². The molecule has 1 aliphatic rings. The number of benzene rings is 1. The fraction of sp³-hybridized carbons (Fsp3) is 0.600. The first kappa shape index (κ1) is 16.3. The second-order valence-electron chi connectivity index (χ2n) is 6.86. The lowest BCUT2D eigenvalue weighted by Gasteiger charge is -2.46. The number of nitrogens with two attached hydrogens (primary N) is 1. The van der Waals surface area contributed by atoms with E-state index in [4.69, 9.17) is 10.5 Å². The van der Waals surface area contributed by atoms with Crippen LogP contribution in [0.5, 0.6) is 0 Å². The number of rotatable bonds is 2. The van der Waals surface area contributed by atoms with Crippen molar-refractivity contribution in [3.63, 3.8) is 0 Å². The molecule has 1 fully saturated rings. The van der Waals surface area contributed by atoms with Gasteiger partial charge in [0.15, 0.2) is 0 Å². The maximum absolute atomic E-state index is 13.0. The second-order valence-corrected chi connectivity index (χ2v) is 8.77. The van der Waals surface area contributed by atoms with Gasteiger partial charge in [-0.2, -0.15) is 4.31 Å². The van der Waals surface area contributed by atoms with Crippen LogP contribution >= 0.6 is 0 Å². The van der Waals surface area contributed by atoms with E-state index in [1.54, 1.807) is 25.1 Å². The van der Waals surface area contributed by atoms with Crippen LogP contribution in [0.1, 0.15) is 33.3 Å². The molecule has 0 radical (unpaired) electrons. The highest BCUT2D eigenvalue weighted by atomic mass is 32.2. The Balaban J connectivity index is 2.46. The van der Waals surface area contributed by atoms with Crippen LogP contribution in [0.3, 0.4) is 0 Å². The maximum atomic E-state index is 13.0. The first-order chi connectivity index (χ1) is 9.45. The Morgan fingerprint density at radius 3 is 2.19 bits per heavy atom. The summed E-state index contributed by atoms with van der Waals surface area (Å²) in [5.74, 6) is 0. The summed E-state index contributed by atoms with van der Waals surface area (Å²) in [5, 5.41) is 0. The molecule has 1 aliphatic heterocycles. The molecule has 5 nitrogen and oxygen atoms in total. The van der Waals surface area contributed by atoms with Gasteiger partial charge in [0.25, 0.3) is 0 Å². The second kappa shape index (κ2) is 4.97. The lowest BCUT2D eigenvalue weighted by atomic mass is 10.0. The van der Waals surface area contributed by atoms with Crippen LogP contribution in [0.15, 0.2) is 23.1 Å². The summed E-state index contributed by atoms with van der Waals surface area (Å²) in [5.41, 5.74) is 5.88. The van der Waals surface area contributed by atoms with Crippen molar-refractivity contribution < 1.29 is 13.2 Å². The quantitative estimate of drug-likeness (QED) is 0.849. The molecule has 0 saturated carbocycles. The van der Waals surface area contributed by atoms with Crippen molar-refractivity contribution in [3.8, 4) is 0 Å². The zero-order chi connectivity index (χ0) is 16.1. The van der Waals surface area contributed by atoms with Gasteiger partial charge in [0.05, 0.1) is 16.1 Å². The number of nitrogens with zero attached hydrogens (tertiary/aromatic N) is 1. The molecule has 2 rings (SSSR count). The summed E-state index contributed by atoms with van der Waals surface area (Å²) >= 11 is 0. The molecule has 1 heterocycles. The number of morpholine rings is 1. The van der Waals surface area contributed by atoms with Gasteiger partial charge in [-0.15, -0.1) is 0 Å². The van der Waals surface area contributed by atoms with Crippen LogP contribution in [-0.2, 0) is 14.8 Å². The topological polar surface area (TPSA) is 72.6 Å². The van der Waals surface area contributed by atoms with Crippen molar-refractivity contribution in [1.82, 2.24) is 4.31 Å². The molecule has 1 saturated heterocycles. The van der Waals surface area contributed by atoms with Crippen molar-refractivity contribution in [2.75, 3.05) is 18.8 Å². The third-order valence-corrected chi connectivity index (χ3v) is 5.55. The summed E-state index contributed by atoms with van der Waals surface area (Å²) < 4.78 is 33.3. The summed E-state index contributed by atoms with van der Waals surface area (Å²) in [6.45, 7) is 10.0. The van der Waals surface area contributed by atoms with E-state index in [2.05, 4.69) is 0 Å². The molecule has 0 unspecified atom stereocenters. The minimum Gasteiger partial charge on any atom is -0.398 e. The number of sulfonamides is 1. The molecule has 0 amide bonds. The van der Waals surface area contributed by atoms with Gasteiger partial charge in [-0.3, -0.25) is 0 Å². The predicted molar refractivity (Wildman–Crippen MR) is 83.6 cm³/mol. The predicted octanol–water partition coefficient (Wildman–Crippen LogP) is 2.16. The van der Waals surface area contributed by atoms with Gasteiger partial charge in [-0.25, -0.2) is 8.42 Å². The smallest absolute Gasteiger partial charge is 0.243 e. The molecule has 0 bridgehead atoms. The molecule has 1 aromatic rings. The third kappa shape index (κ3) is 3.22. The van der Waals surface area contributed by atoms with E-state index in [0.29, 0.717) is 24.3 Å². The van der Waals surface area contributed by atoms with Gasteiger partial charge in [0.1, 0.15) is 0 Å². The Labute approximate surface area is 127 Å². The summed E-state index contributed by atoms with van der Waals surface area (Å²) in [4.78, 5) is 0.274. The van der Waals surface area contributed by atoms with E-state index in [-0.39, 0.29) is 4.90 Å². The zero-order valence-corrected chi connectivity index (χ0v) is 14.1. The number of hydrogen-bond acceptors (Lipinski definition) is 4. The van der Waals surface area contributed by atoms with Crippen molar-refractivity contribution in [2.45, 2.75) is 50.7 Å². The monoisotopic (exact) mass is 312 g/mol. The molecule has 1 aromatic carbocycles. The zero-order valence-electron chi connectivity index (χ0n) is 13.3. The highest BCUT2D eigenvalue weighted by Gasteiger charge is 2.43. The molecule has 118 valence electrons. The SMILES string of the molecule is Cc1c(N)cccc1S(=O)(=O)N1CC(C)(C)OC(C)(C)C1. The minimum absolute atomic E-state index is 0.274. The average Bonchev–Trinajstić information content (AvgIpc) is 2.28. The van der Waals surface area contributed by atoms with Crippen LogP contribution in [-0.4, -0.2) is 37.0 Å². The van der Waals surface area contributed by atoms with E-state index < -0.39 is 21.2 Å². The molecule has 0 aromatic heterocycles. The minimum atomic E-state index is -3.58. The molecule has 0 atom stereocenters. The molecule has 21 heavy (non-hydrogen) atoms. The van der Waals surface area contributed by atoms with Crippen LogP contribution in [0.4, 0.5) is 5.69 Å². The largest absolute Gasteiger partial charge is 0.398 e. The Hall–Kier alpha value is -1.11. The summed E-state index contributed by atoms with van der Waals surface area (Å²) in [6.07, 6.45) is 0.